The van der Waals surface area contributed by atoms with Crippen molar-refractivity contribution in [1.29, 1.82) is 0 Å². The fraction of sp³-hybridized carbons (Fsp3) is 0.241. The number of para-hydroxylation sites is 2. The van der Waals surface area contributed by atoms with Crippen molar-refractivity contribution in [3.8, 4) is 28.6 Å². The molecule has 35 heavy (non-hydrogen) atoms. The molecule has 0 saturated heterocycles. The van der Waals surface area contributed by atoms with Crippen LogP contribution >= 0.6 is 0 Å². The van der Waals surface area contributed by atoms with Crippen LogP contribution in [0.5, 0.6) is 17.2 Å². The van der Waals surface area contributed by atoms with Crippen LogP contribution in [0.1, 0.15) is 31.9 Å². The third-order valence-corrected chi connectivity index (χ3v) is 5.99. The molecule has 178 valence electrons. The van der Waals surface area contributed by atoms with Gasteiger partial charge < -0.3 is 18.6 Å². The van der Waals surface area contributed by atoms with Gasteiger partial charge in [0.2, 0.25) is 17.3 Å². The molecule has 0 saturated carbocycles. The van der Waals surface area contributed by atoms with Gasteiger partial charge in [0.25, 0.3) is 0 Å². The summed E-state index contributed by atoms with van der Waals surface area (Å²) >= 11 is 0. The van der Waals surface area contributed by atoms with Crippen LogP contribution in [0.2, 0.25) is 0 Å². The zero-order chi connectivity index (χ0) is 24.7. The molecular formula is C29H26O6. The van der Waals surface area contributed by atoms with Crippen molar-refractivity contribution in [3.05, 3.63) is 88.1 Å². The Hall–Kier alpha value is -4.06. The molecule has 3 aromatic carbocycles. The second kappa shape index (κ2) is 8.62. The highest BCUT2D eigenvalue weighted by Crippen LogP contribution is 2.35. The van der Waals surface area contributed by atoms with Gasteiger partial charge in [-0.3, -0.25) is 4.79 Å². The van der Waals surface area contributed by atoms with Crippen LogP contribution in [0, 0.1) is 6.92 Å². The van der Waals surface area contributed by atoms with Crippen molar-refractivity contribution in [2.45, 2.75) is 39.2 Å². The molecule has 1 unspecified atom stereocenters. The Morgan fingerprint density at radius 2 is 1.69 bits per heavy atom. The molecule has 0 radical (unpaired) electrons. The predicted octanol–water partition coefficient (Wildman–Crippen LogP) is 5.81. The molecule has 0 aliphatic carbocycles. The molecule has 6 nitrogen and oxygen atoms in total. The molecule has 6 heteroatoms. The van der Waals surface area contributed by atoms with Gasteiger partial charge in [-0.05, 0) is 42.2 Å². The Bertz CT molecular complexity index is 1470. The average molecular weight is 471 g/mol. The van der Waals surface area contributed by atoms with Crippen molar-refractivity contribution in [2.24, 2.45) is 0 Å². The van der Waals surface area contributed by atoms with E-state index in [1.54, 1.807) is 30.3 Å². The topological polar surface area (TPSA) is 75.0 Å². The molecule has 1 aliphatic rings. The van der Waals surface area contributed by atoms with E-state index in [-0.39, 0.29) is 23.5 Å². The van der Waals surface area contributed by atoms with Crippen LogP contribution in [0.15, 0.2) is 75.9 Å². The van der Waals surface area contributed by atoms with Crippen LogP contribution < -0.4 is 19.6 Å². The molecular weight excluding hydrogens is 444 g/mol. The van der Waals surface area contributed by atoms with Crippen molar-refractivity contribution in [1.82, 2.24) is 0 Å². The van der Waals surface area contributed by atoms with Crippen LogP contribution in [0.25, 0.3) is 22.3 Å². The molecule has 0 fully saturated rings. The number of ether oxygens (including phenoxy) is 3. The Morgan fingerprint density at radius 3 is 2.40 bits per heavy atom. The Morgan fingerprint density at radius 1 is 0.971 bits per heavy atom. The highest BCUT2D eigenvalue weighted by molar-refractivity contribution is 5.86. The first-order chi connectivity index (χ1) is 16.7. The summed E-state index contributed by atoms with van der Waals surface area (Å²) in [4.78, 5) is 26.6. The number of hydrogen-bond donors (Lipinski definition) is 0. The molecule has 1 aliphatic heterocycles. The van der Waals surface area contributed by atoms with E-state index in [4.69, 9.17) is 18.6 Å². The lowest BCUT2D eigenvalue weighted by Gasteiger charge is -2.25. The fourth-order valence-electron chi connectivity index (χ4n) is 4.00. The van der Waals surface area contributed by atoms with E-state index in [1.165, 1.54) is 0 Å². The van der Waals surface area contributed by atoms with E-state index >= 15 is 0 Å². The first kappa shape index (κ1) is 22.7. The van der Waals surface area contributed by atoms with Crippen LogP contribution in [0.4, 0.5) is 0 Å². The van der Waals surface area contributed by atoms with Gasteiger partial charge in [-0.25, -0.2) is 4.79 Å². The zero-order valence-corrected chi connectivity index (χ0v) is 20.1. The molecule has 5 rings (SSSR count). The normalized spacial score (nSPS) is 15.1. The van der Waals surface area contributed by atoms with Gasteiger partial charge in [-0.1, -0.05) is 68.8 Å². The van der Waals surface area contributed by atoms with E-state index in [0.29, 0.717) is 28.0 Å². The number of carbonyl (C=O) groups excluding carboxylic acids is 1. The highest BCUT2D eigenvalue weighted by atomic mass is 16.6. The number of esters is 1. The summed E-state index contributed by atoms with van der Waals surface area (Å²) in [5.41, 5.74) is 2.61. The van der Waals surface area contributed by atoms with Gasteiger partial charge in [0.1, 0.15) is 12.2 Å². The third kappa shape index (κ3) is 4.39. The lowest BCUT2D eigenvalue weighted by Crippen LogP contribution is -2.40. The van der Waals surface area contributed by atoms with Crippen LogP contribution in [0.3, 0.4) is 0 Å². The van der Waals surface area contributed by atoms with Gasteiger partial charge in [0.05, 0.1) is 5.39 Å². The molecule has 0 N–H and O–H groups in total. The van der Waals surface area contributed by atoms with Gasteiger partial charge in [-0.2, -0.15) is 0 Å². The summed E-state index contributed by atoms with van der Waals surface area (Å²) in [5, 5.41) is 0.342. The second-order valence-corrected chi connectivity index (χ2v) is 9.70. The largest absolute Gasteiger partial charge is 0.485 e. The van der Waals surface area contributed by atoms with Gasteiger partial charge >= 0.3 is 5.97 Å². The maximum Gasteiger partial charge on any atom is 0.356 e. The highest BCUT2D eigenvalue weighted by Gasteiger charge is 2.31. The molecule has 0 spiro atoms. The standard InChI is InChI=1S/C29H26O6/c1-17-9-14-21-20(15-17)25(30)27(26(34-21)18-10-12-19(13-11-18)29(2,3)4)35-28(31)24-16-32-22-7-5-6-8-23(22)33-24/h5-15,24H,16H2,1-4H3. The molecule has 1 aromatic heterocycles. The first-order valence-electron chi connectivity index (χ1n) is 11.5. The second-order valence-electron chi connectivity index (χ2n) is 9.70. The summed E-state index contributed by atoms with van der Waals surface area (Å²) in [6.45, 7) is 8.23. The summed E-state index contributed by atoms with van der Waals surface area (Å²) in [5.74, 6) is 0.291. The molecule has 1 atom stereocenters. The average Bonchev–Trinajstić information content (AvgIpc) is 2.85. The summed E-state index contributed by atoms with van der Waals surface area (Å²) in [7, 11) is 0. The zero-order valence-electron chi connectivity index (χ0n) is 20.1. The maximum absolute atomic E-state index is 13.5. The molecule has 2 heterocycles. The summed E-state index contributed by atoms with van der Waals surface area (Å²) < 4.78 is 23.2. The number of fused-ring (bicyclic) bond motifs is 2. The lowest BCUT2D eigenvalue weighted by molar-refractivity contribution is -0.144. The van der Waals surface area contributed by atoms with Crippen molar-refractivity contribution in [3.63, 3.8) is 0 Å². The maximum atomic E-state index is 13.5. The van der Waals surface area contributed by atoms with Crippen molar-refractivity contribution >= 4 is 16.9 Å². The van der Waals surface area contributed by atoms with Crippen molar-refractivity contribution < 1.29 is 23.4 Å². The predicted molar refractivity (Wildman–Crippen MR) is 133 cm³/mol. The number of carbonyl (C=O) groups is 1. The van der Waals surface area contributed by atoms with E-state index in [1.807, 2.05) is 43.3 Å². The van der Waals surface area contributed by atoms with E-state index in [9.17, 15) is 9.59 Å². The van der Waals surface area contributed by atoms with Crippen LogP contribution in [-0.2, 0) is 10.2 Å². The number of hydrogen-bond acceptors (Lipinski definition) is 6. The van der Waals surface area contributed by atoms with Crippen molar-refractivity contribution in [2.75, 3.05) is 6.61 Å². The van der Waals surface area contributed by atoms with Gasteiger partial charge in [-0.15, -0.1) is 0 Å². The summed E-state index contributed by atoms with van der Waals surface area (Å²) in [6.07, 6.45) is -1.02. The quantitative estimate of drug-likeness (QED) is 0.352. The van der Waals surface area contributed by atoms with E-state index in [0.717, 1.165) is 11.1 Å². The SMILES string of the molecule is Cc1ccc2oc(-c3ccc(C(C)(C)C)cc3)c(OC(=O)C3COc4ccccc4O3)c(=O)c2c1. The fourth-order valence-corrected chi connectivity index (χ4v) is 4.00. The lowest BCUT2D eigenvalue weighted by atomic mass is 9.86. The Labute approximate surface area is 203 Å². The smallest absolute Gasteiger partial charge is 0.356 e. The minimum atomic E-state index is -1.02. The Kier molecular flexibility index (Phi) is 5.59. The molecule has 4 aromatic rings. The third-order valence-electron chi connectivity index (χ3n) is 5.99. The van der Waals surface area contributed by atoms with Crippen LogP contribution in [-0.4, -0.2) is 18.7 Å². The monoisotopic (exact) mass is 470 g/mol. The van der Waals surface area contributed by atoms with E-state index < -0.39 is 17.5 Å². The van der Waals surface area contributed by atoms with Gasteiger partial charge in [0, 0.05) is 5.56 Å². The number of aryl methyl sites for hydroxylation is 1. The minimum absolute atomic E-state index is 0.0243. The molecule has 0 amide bonds. The first-order valence-corrected chi connectivity index (χ1v) is 11.5. The van der Waals surface area contributed by atoms with E-state index in [2.05, 4.69) is 20.8 Å². The summed E-state index contributed by atoms with van der Waals surface area (Å²) in [6, 6.07) is 20.1. The number of benzene rings is 3. The van der Waals surface area contributed by atoms with Gasteiger partial charge in [0.15, 0.2) is 17.3 Å². The Balaban J connectivity index is 1.56. The molecule has 0 bridgehead atoms. The minimum Gasteiger partial charge on any atom is -0.485 e. The number of rotatable bonds is 3.